The number of rotatable bonds is 5. The van der Waals surface area contributed by atoms with Crippen LogP contribution in [0.25, 0.3) is 17.5 Å². The van der Waals surface area contributed by atoms with Crippen molar-refractivity contribution >= 4 is 23.4 Å². The molecule has 0 fully saturated rings. The third-order valence-electron chi connectivity index (χ3n) is 3.33. The minimum absolute atomic E-state index is 0.267. The monoisotopic (exact) mass is 340 g/mol. The second-order valence-corrected chi connectivity index (χ2v) is 6.06. The summed E-state index contributed by atoms with van der Waals surface area (Å²) in [6, 6.07) is 9.68. The van der Waals surface area contributed by atoms with Gasteiger partial charge in [-0.2, -0.15) is 11.3 Å². The molecule has 24 heavy (non-hydrogen) atoms. The molecule has 5 nitrogen and oxygen atoms in total. The summed E-state index contributed by atoms with van der Waals surface area (Å²) < 4.78 is 10.9. The third kappa shape index (κ3) is 3.97. The molecule has 0 saturated heterocycles. The number of aryl methyl sites for hydroxylation is 1. The Morgan fingerprint density at radius 3 is 2.75 bits per heavy atom. The predicted octanol–water partition coefficient (Wildman–Crippen LogP) is 4.42. The molecule has 1 aromatic carbocycles. The topological polar surface area (TPSA) is 65.2 Å². The van der Waals surface area contributed by atoms with E-state index in [0.717, 1.165) is 16.7 Å². The number of esters is 1. The normalized spacial score (nSPS) is 12.4. The number of carbonyl (C=O) groups excluding carboxylic acids is 1. The molecule has 6 heteroatoms. The number of aromatic nitrogens is 2. The summed E-state index contributed by atoms with van der Waals surface area (Å²) in [5, 5.41) is 11.9. The number of benzene rings is 1. The van der Waals surface area contributed by atoms with Gasteiger partial charge in [-0.1, -0.05) is 17.7 Å². The van der Waals surface area contributed by atoms with Crippen LogP contribution in [0.2, 0.25) is 0 Å². The van der Waals surface area contributed by atoms with E-state index in [1.807, 2.05) is 48.0 Å². The van der Waals surface area contributed by atoms with Crippen LogP contribution in [0.3, 0.4) is 0 Å². The van der Waals surface area contributed by atoms with Crippen molar-refractivity contribution in [3.05, 3.63) is 64.2 Å². The second kappa shape index (κ2) is 7.23. The number of nitrogens with zero attached hydrogens (tertiary/aromatic N) is 2. The fourth-order valence-electron chi connectivity index (χ4n) is 2.01. The fraction of sp³-hybridized carbons (Fsp3) is 0.167. The van der Waals surface area contributed by atoms with Crippen molar-refractivity contribution in [2.45, 2.75) is 20.0 Å². The van der Waals surface area contributed by atoms with E-state index in [2.05, 4.69) is 10.2 Å². The lowest BCUT2D eigenvalue weighted by molar-refractivity contribution is -0.143. The molecule has 0 aliphatic heterocycles. The van der Waals surface area contributed by atoms with Crippen LogP contribution in [-0.4, -0.2) is 16.2 Å². The number of hydrogen-bond acceptors (Lipinski definition) is 6. The Morgan fingerprint density at radius 1 is 1.25 bits per heavy atom. The Labute approximate surface area is 143 Å². The molecule has 0 amide bonds. The lowest BCUT2D eigenvalue weighted by atomic mass is 10.1. The Morgan fingerprint density at radius 2 is 2.04 bits per heavy atom. The lowest BCUT2D eigenvalue weighted by Crippen LogP contribution is -2.06. The van der Waals surface area contributed by atoms with Crippen LogP contribution < -0.4 is 0 Å². The smallest absolute Gasteiger partial charge is 0.331 e. The second-order valence-electron chi connectivity index (χ2n) is 5.28. The zero-order chi connectivity index (χ0) is 16.9. The van der Waals surface area contributed by atoms with Crippen LogP contribution in [0.1, 0.15) is 30.0 Å². The molecule has 0 N–H and O–H groups in total. The average Bonchev–Trinajstić information content (AvgIpc) is 3.25. The predicted molar refractivity (Wildman–Crippen MR) is 92.3 cm³/mol. The molecule has 2 heterocycles. The van der Waals surface area contributed by atoms with Gasteiger partial charge >= 0.3 is 5.97 Å². The van der Waals surface area contributed by atoms with Gasteiger partial charge in [0.1, 0.15) is 0 Å². The highest BCUT2D eigenvalue weighted by Gasteiger charge is 2.18. The Hall–Kier alpha value is -2.73. The number of ether oxygens (including phenoxy) is 1. The summed E-state index contributed by atoms with van der Waals surface area (Å²) >= 11 is 1.57. The average molecular weight is 340 g/mol. The van der Waals surface area contributed by atoms with Crippen LogP contribution in [0, 0.1) is 6.92 Å². The van der Waals surface area contributed by atoms with Gasteiger partial charge in [0.2, 0.25) is 5.89 Å². The molecule has 2 aromatic heterocycles. The SMILES string of the molecule is Cc1ccc(-c2nnc([C@@H](C)OC(=O)/C=C/c3ccsc3)o2)cc1. The summed E-state index contributed by atoms with van der Waals surface area (Å²) in [5.41, 5.74) is 2.94. The van der Waals surface area contributed by atoms with E-state index in [4.69, 9.17) is 9.15 Å². The van der Waals surface area contributed by atoms with Crippen LogP contribution in [0.5, 0.6) is 0 Å². The minimum Gasteiger partial charge on any atom is -0.449 e. The van der Waals surface area contributed by atoms with Crippen LogP contribution >= 0.6 is 11.3 Å². The first-order chi connectivity index (χ1) is 11.6. The Balaban J connectivity index is 1.64. The summed E-state index contributed by atoms with van der Waals surface area (Å²) in [7, 11) is 0. The minimum atomic E-state index is -0.615. The number of hydrogen-bond donors (Lipinski definition) is 0. The first-order valence-electron chi connectivity index (χ1n) is 7.43. The molecule has 0 bridgehead atoms. The van der Waals surface area contributed by atoms with Crippen molar-refractivity contribution in [3.63, 3.8) is 0 Å². The van der Waals surface area contributed by atoms with Crippen LogP contribution in [-0.2, 0) is 9.53 Å². The number of carbonyl (C=O) groups is 1. The molecule has 0 radical (unpaired) electrons. The van der Waals surface area contributed by atoms with Gasteiger partial charge in [-0.15, -0.1) is 10.2 Å². The van der Waals surface area contributed by atoms with Gasteiger partial charge in [0.05, 0.1) is 0 Å². The van der Waals surface area contributed by atoms with Gasteiger partial charge in [0.25, 0.3) is 5.89 Å². The highest BCUT2D eigenvalue weighted by molar-refractivity contribution is 7.08. The van der Waals surface area contributed by atoms with E-state index < -0.39 is 12.1 Å². The molecule has 3 aromatic rings. The Kier molecular flexibility index (Phi) is 4.86. The van der Waals surface area contributed by atoms with Gasteiger partial charge in [0.15, 0.2) is 6.10 Å². The third-order valence-corrected chi connectivity index (χ3v) is 4.04. The maximum Gasteiger partial charge on any atom is 0.331 e. The van der Waals surface area contributed by atoms with Gasteiger partial charge < -0.3 is 9.15 Å². The summed E-state index contributed by atoms with van der Waals surface area (Å²) in [6.45, 7) is 3.71. The van der Waals surface area contributed by atoms with Crippen LogP contribution in [0.15, 0.2) is 51.6 Å². The molecule has 1 atom stereocenters. The van der Waals surface area contributed by atoms with E-state index >= 15 is 0 Å². The molecule has 0 aliphatic carbocycles. The van der Waals surface area contributed by atoms with Crippen molar-refractivity contribution in [2.24, 2.45) is 0 Å². The standard InChI is InChI=1S/C18H16N2O3S/c1-12-3-6-15(7-4-12)18-20-19-17(23-18)13(2)22-16(21)8-5-14-9-10-24-11-14/h3-11,13H,1-2H3/b8-5+/t13-/m1/s1. The molecule has 0 unspecified atom stereocenters. The van der Waals surface area contributed by atoms with E-state index in [1.165, 1.54) is 6.08 Å². The molecular weight excluding hydrogens is 324 g/mol. The molecule has 3 rings (SSSR count). The first kappa shape index (κ1) is 16.1. The van der Waals surface area contributed by atoms with Gasteiger partial charge in [-0.05, 0) is 54.4 Å². The van der Waals surface area contributed by atoms with Crippen molar-refractivity contribution in [1.82, 2.24) is 10.2 Å². The van der Waals surface area contributed by atoms with E-state index in [9.17, 15) is 4.79 Å². The maximum absolute atomic E-state index is 11.8. The zero-order valence-corrected chi connectivity index (χ0v) is 14.1. The zero-order valence-electron chi connectivity index (χ0n) is 13.3. The highest BCUT2D eigenvalue weighted by Crippen LogP contribution is 2.22. The molecule has 0 aliphatic rings. The van der Waals surface area contributed by atoms with Crippen molar-refractivity contribution in [3.8, 4) is 11.5 Å². The molecular formula is C18H16N2O3S. The van der Waals surface area contributed by atoms with E-state index in [0.29, 0.717) is 5.89 Å². The van der Waals surface area contributed by atoms with Crippen molar-refractivity contribution in [1.29, 1.82) is 0 Å². The van der Waals surface area contributed by atoms with Crippen LogP contribution in [0.4, 0.5) is 0 Å². The summed E-state index contributed by atoms with van der Waals surface area (Å²) in [4.78, 5) is 11.8. The summed E-state index contributed by atoms with van der Waals surface area (Å²) in [6.07, 6.45) is 2.48. The molecule has 0 saturated carbocycles. The molecule has 122 valence electrons. The van der Waals surface area contributed by atoms with E-state index in [-0.39, 0.29) is 5.89 Å². The van der Waals surface area contributed by atoms with Gasteiger partial charge in [-0.25, -0.2) is 4.79 Å². The van der Waals surface area contributed by atoms with Gasteiger partial charge in [0, 0.05) is 11.6 Å². The Bertz CT molecular complexity index is 836. The largest absolute Gasteiger partial charge is 0.449 e. The summed E-state index contributed by atoms with van der Waals surface area (Å²) in [5.74, 6) is 0.216. The molecule has 0 spiro atoms. The van der Waals surface area contributed by atoms with Crippen molar-refractivity contribution < 1.29 is 13.9 Å². The van der Waals surface area contributed by atoms with Crippen molar-refractivity contribution in [2.75, 3.05) is 0 Å². The first-order valence-corrected chi connectivity index (χ1v) is 8.37. The maximum atomic E-state index is 11.8. The van der Waals surface area contributed by atoms with E-state index in [1.54, 1.807) is 24.3 Å². The van der Waals surface area contributed by atoms with Gasteiger partial charge in [-0.3, -0.25) is 0 Å². The number of thiophene rings is 1. The highest BCUT2D eigenvalue weighted by atomic mass is 32.1. The quantitative estimate of drug-likeness (QED) is 0.508. The lowest BCUT2D eigenvalue weighted by Gasteiger charge is -2.06. The fourth-order valence-corrected chi connectivity index (χ4v) is 2.64.